The van der Waals surface area contributed by atoms with Gasteiger partial charge in [-0.05, 0) is 32.3 Å². The number of hydrogen-bond acceptors (Lipinski definition) is 7. The van der Waals surface area contributed by atoms with E-state index in [4.69, 9.17) is 5.73 Å². The number of nitrogens with one attached hydrogen (secondary N) is 2. The fourth-order valence-corrected chi connectivity index (χ4v) is 3.07. The molecule has 0 bridgehead atoms. The summed E-state index contributed by atoms with van der Waals surface area (Å²) in [6, 6.07) is 0.0544. The number of nitrogens with zero attached hydrogens (tertiary/aromatic N) is 2. The van der Waals surface area contributed by atoms with Crippen molar-refractivity contribution in [1.29, 1.82) is 0 Å². The van der Waals surface area contributed by atoms with Crippen molar-refractivity contribution >= 4 is 39.6 Å². The van der Waals surface area contributed by atoms with Crippen LogP contribution in [0.2, 0.25) is 0 Å². The second kappa shape index (κ2) is 6.19. The van der Waals surface area contributed by atoms with E-state index >= 15 is 0 Å². The van der Waals surface area contributed by atoms with Crippen LogP contribution in [-0.4, -0.2) is 21.3 Å². The smallest absolute Gasteiger partial charge is 0.258 e. The lowest BCUT2D eigenvalue weighted by atomic mass is 10.2. The molecule has 2 rings (SSSR count). The minimum Gasteiger partial charge on any atom is -0.382 e. The zero-order valence-electron chi connectivity index (χ0n) is 11.6. The second-order valence-electron chi connectivity index (χ2n) is 4.60. The van der Waals surface area contributed by atoms with Crippen molar-refractivity contribution < 1.29 is 4.79 Å². The molecule has 8 heteroatoms. The molecule has 0 saturated heterocycles. The summed E-state index contributed by atoms with van der Waals surface area (Å²) in [7, 11) is 0. The van der Waals surface area contributed by atoms with Crippen molar-refractivity contribution in [2.24, 2.45) is 0 Å². The molecule has 0 saturated carbocycles. The molecule has 0 aliphatic carbocycles. The Morgan fingerprint density at radius 2 is 2.25 bits per heavy atom. The second-order valence-corrected chi connectivity index (χ2v) is 6.69. The molecule has 0 radical (unpaired) electrons. The number of hydrogen-bond donors (Lipinski definition) is 3. The molecule has 0 fully saturated rings. The first-order chi connectivity index (χ1) is 9.47. The molecule has 0 aromatic carbocycles. The van der Waals surface area contributed by atoms with Crippen LogP contribution < -0.4 is 16.4 Å². The van der Waals surface area contributed by atoms with E-state index in [1.54, 1.807) is 11.3 Å². The van der Waals surface area contributed by atoms with Gasteiger partial charge in [0.15, 0.2) is 5.82 Å². The third-order valence-electron chi connectivity index (χ3n) is 2.46. The van der Waals surface area contributed by atoms with Crippen molar-refractivity contribution in [2.75, 3.05) is 11.1 Å². The Hall–Kier alpha value is -1.67. The maximum atomic E-state index is 12.1. The highest BCUT2D eigenvalue weighted by Crippen LogP contribution is 2.27. The summed E-state index contributed by atoms with van der Waals surface area (Å²) in [6.45, 7) is 6.37. The first kappa shape index (κ1) is 14.7. The largest absolute Gasteiger partial charge is 0.382 e. The van der Waals surface area contributed by atoms with Gasteiger partial charge in [0.2, 0.25) is 0 Å². The van der Waals surface area contributed by atoms with E-state index in [0.29, 0.717) is 17.1 Å². The number of anilines is 2. The number of nitrogens with two attached hydrogens (primary N) is 1. The van der Waals surface area contributed by atoms with Gasteiger partial charge in [0, 0.05) is 17.1 Å². The Labute approximate surface area is 125 Å². The van der Waals surface area contributed by atoms with E-state index in [1.165, 1.54) is 11.5 Å². The third kappa shape index (κ3) is 3.45. The predicted octanol–water partition coefficient (Wildman–Crippen LogP) is 2.24. The molecule has 0 aliphatic rings. The maximum Gasteiger partial charge on any atom is 0.258 e. The Morgan fingerprint density at radius 1 is 1.50 bits per heavy atom. The average Bonchev–Trinajstić information content (AvgIpc) is 2.92. The maximum absolute atomic E-state index is 12.1. The monoisotopic (exact) mass is 311 g/mol. The lowest BCUT2D eigenvalue weighted by Crippen LogP contribution is -2.30. The van der Waals surface area contributed by atoms with Gasteiger partial charge in [0.25, 0.3) is 5.91 Å². The Morgan fingerprint density at radius 3 is 2.85 bits per heavy atom. The Bertz CT molecular complexity index is 605. The molecular weight excluding hydrogens is 294 g/mol. The van der Waals surface area contributed by atoms with Gasteiger partial charge in [-0.3, -0.25) is 4.79 Å². The fraction of sp³-hybridized carbons (Fsp3) is 0.417. The lowest BCUT2D eigenvalue weighted by Gasteiger charge is -2.09. The number of carbonyl (C=O) groups excluding carboxylic acids is 1. The number of aromatic nitrogens is 2. The van der Waals surface area contributed by atoms with E-state index in [-0.39, 0.29) is 17.8 Å². The highest BCUT2D eigenvalue weighted by Gasteiger charge is 2.19. The molecule has 0 atom stereocenters. The number of nitrogen functional groups attached to an aromatic ring is 1. The van der Waals surface area contributed by atoms with Gasteiger partial charge in [-0.1, -0.05) is 0 Å². The molecule has 4 N–H and O–H groups in total. The van der Waals surface area contributed by atoms with Gasteiger partial charge in [0.05, 0.1) is 11.6 Å². The third-order valence-corrected chi connectivity index (χ3v) is 4.19. The average molecular weight is 311 g/mol. The summed E-state index contributed by atoms with van der Waals surface area (Å²) in [5.41, 5.74) is 6.20. The highest BCUT2D eigenvalue weighted by atomic mass is 32.1. The molecule has 1 amide bonds. The SMILES string of the molecule is Cc1ncc(CNc2snc(N)c2C(=O)NC(C)C)s1. The van der Waals surface area contributed by atoms with Gasteiger partial charge < -0.3 is 16.4 Å². The van der Waals surface area contributed by atoms with Crippen molar-refractivity contribution in [3.63, 3.8) is 0 Å². The molecule has 108 valence electrons. The van der Waals surface area contributed by atoms with Crippen LogP contribution in [0.5, 0.6) is 0 Å². The van der Waals surface area contributed by atoms with Gasteiger partial charge in [-0.15, -0.1) is 11.3 Å². The Balaban J connectivity index is 2.10. The van der Waals surface area contributed by atoms with Crippen LogP contribution in [0.15, 0.2) is 6.20 Å². The minimum atomic E-state index is -0.200. The van der Waals surface area contributed by atoms with Crippen LogP contribution in [-0.2, 0) is 6.54 Å². The summed E-state index contributed by atoms with van der Waals surface area (Å²) in [5.74, 6) is 0.0605. The van der Waals surface area contributed by atoms with Crippen LogP contribution in [0.25, 0.3) is 0 Å². The topological polar surface area (TPSA) is 92.9 Å². The molecule has 2 aromatic rings. The molecule has 20 heavy (non-hydrogen) atoms. The molecule has 0 spiro atoms. The quantitative estimate of drug-likeness (QED) is 0.787. The van der Waals surface area contributed by atoms with Crippen LogP contribution >= 0.6 is 22.9 Å². The van der Waals surface area contributed by atoms with Crippen LogP contribution in [0, 0.1) is 6.92 Å². The van der Waals surface area contributed by atoms with E-state index in [0.717, 1.165) is 9.88 Å². The van der Waals surface area contributed by atoms with Crippen molar-refractivity contribution in [2.45, 2.75) is 33.4 Å². The van der Waals surface area contributed by atoms with Gasteiger partial charge in [-0.2, -0.15) is 4.37 Å². The van der Waals surface area contributed by atoms with E-state index in [2.05, 4.69) is 20.0 Å². The van der Waals surface area contributed by atoms with Crippen LogP contribution in [0.1, 0.15) is 34.1 Å². The van der Waals surface area contributed by atoms with Crippen molar-refractivity contribution in [3.8, 4) is 0 Å². The normalized spacial score (nSPS) is 10.8. The first-order valence-electron chi connectivity index (χ1n) is 6.18. The number of amides is 1. The molecule has 0 aliphatic heterocycles. The Kier molecular flexibility index (Phi) is 4.56. The molecule has 2 heterocycles. The summed E-state index contributed by atoms with van der Waals surface area (Å²) in [5, 5.41) is 7.73. The highest BCUT2D eigenvalue weighted by molar-refractivity contribution is 7.12. The van der Waals surface area contributed by atoms with Gasteiger partial charge in [-0.25, -0.2) is 4.98 Å². The minimum absolute atomic E-state index is 0.0544. The zero-order valence-corrected chi connectivity index (χ0v) is 13.2. The van der Waals surface area contributed by atoms with E-state index in [9.17, 15) is 4.79 Å². The lowest BCUT2D eigenvalue weighted by molar-refractivity contribution is 0.0945. The van der Waals surface area contributed by atoms with Crippen LogP contribution in [0.4, 0.5) is 10.8 Å². The number of rotatable bonds is 5. The van der Waals surface area contributed by atoms with Crippen LogP contribution in [0.3, 0.4) is 0 Å². The summed E-state index contributed by atoms with van der Waals surface area (Å²) in [6.07, 6.45) is 1.82. The van der Waals surface area contributed by atoms with Crippen molar-refractivity contribution in [3.05, 3.63) is 21.6 Å². The molecule has 6 nitrogen and oxygen atoms in total. The summed E-state index contributed by atoms with van der Waals surface area (Å²) in [4.78, 5) is 17.4. The number of thiazole rings is 1. The molecule has 0 unspecified atom stereocenters. The fourth-order valence-electron chi connectivity index (χ4n) is 1.63. The summed E-state index contributed by atoms with van der Waals surface area (Å²) < 4.78 is 4.05. The number of aryl methyl sites for hydroxylation is 1. The predicted molar refractivity (Wildman–Crippen MR) is 83.3 cm³/mol. The molecular formula is C12H17N5OS2. The van der Waals surface area contributed by atoms with Crippen molar-refractivity contribution in [1.82, 2.24) is 14.7 Å². The summed E-state index contributed by atoms with van der Waals surface area (Å²) >= 11 is 2.81. The van der Waals surface area contributed by atoms with Gasteiger partial charge in [0.1, 0.15) is 10.6 Å². The standard InChI is InChI=1S/C12H17N5OS2/c1-6(2)16-11(18)9-10(13)17-20-12(9)15-5-8-4-14-7(3)19-8/h4,6,15H,5H2,1-3H3,(H2,13,17)(H,16,18). The first-order valence-corrected chi connectivity index (χ1v) is 7.77. The molecule has 2 aromatic heterocycles. The zero-order chi connectivity index (χ0) is 14.7. The number of carbonyl (C=O) groups is 1. The van der Waals surface area contributed by atoms with E-state index < -0.39 is 0 Å². The van der Waals surface area contributed by atoms with E-state index in [1.807, 2.05) is 27.0 Å². The van der Waals surface area contributed by atoms with Gasteiger partial charge >= 0.3 is 0 Å².